The average molecular weight is 251 g/mol. The molecule has 2 aliphatic rings. The van der Waals surface area contributed by atoms with Crippen molar-refractivity contribution in [1.29, 1.82) is 0 Å². The topological polar surface area (TPSA) is 26.0 Å². The summed E-state index contributed by atoms with van der Waals surface area (Å²) < 4.78 is 0. The predicted octanol–water partition coefficient (Wildman–Crippen LogP) is 4.89. The largest absolute Gasteiger partial charge is 0.325 e. The molecule has 0 aromatic rings. The van der Waals surface area contributed by atoms with Crippen LogP contribution in [0.4, 0.5) is 0 Å². The van der Waals surface area contributed by atoms with Gasteiger partial charge >= 0.3 is 0 Å². The molecule has 0 saturated heterocycles. The molecule has 3 atom stereocenters. The minimum atomic E-state index is 0.168. The second kappa shape index (κ2) is 5.53. The van der Waals surface area contributed by atoms with Crippen LogP contribution in [0.15, 0.2) is 0 Å². The SMILES string of the molecule is CCC1CCCC(C2(N)CCCC(C)(C)CC2)C1. The van der Waals surface area contributed by atoms with Gasteiger partial charge in [-0.25, -0.2) is 0 Å². The van der Waals surface area contributed by atoms with Gasteiger partial charge < -0.3 is 5.73 Å². The number of rotatable bonds is 2. The average Bonchev–Trinajstić information content (AvgIpc) is 2.50. The van der Waals surface area contributed by atoms with Gasteiger partial charge in [-0.2, -0.15) is 0 Å². The highest BCUT2D eigenvalue weighted by Gasteiger charge is 2.40. The number of hydrogen-bond acceptors (Lipinski definition) is 1. The monoisotopic (exact) mass is 251 g/mol. The summed E-state index contributed by atoms with van der Waals surface area (Å²) >= 11 is 0. The maximum absolute atomic E-state index is 6.87. The lowest BCUT2D eigenvalue weighted by atomic mass is 9.68. The summed E-state index contributed by atoms with van der Waals surface area (Å²) in [4.78, 5) is 0. The Kier molecular flexibility index (Phi) is 4.41. The Bertz CT molecular complexity index is 271. The molecular formula is C17H33N. The van der Waals surface area contributed by atoms with Crippen molar-refractivity contribution in [3.8, 4) is 0 Å². The van der Waals surface area contributed by atoms with Crippen molar-refractivity contribution in [1.82, 2.24) is 0 Å². The normalized spacial score (nSPS) is 41.3. The molecule has 0 bridgehead atoms. The van der Waals surface area contributed by atoms with E-state index in [-0.39, 0.29) is 5.54 Å². The van der Waals surface area contributed by atoms with Crippen LogP contribution in [-0.2, 0) is 0 Å². The third-order valence-corrected chi connectivity index (χ3v) is 5.94. The third kappa shape index (κ3) is 3.29. The van der Waals surface area contributed by atoms with Crippen LogP contribution in [0.5, 0.6) is 0 Å². The predicted molar refractivity (Wildman–Crippen MR) is 79.5 cm³/mol. The van der Waals surface area contributed by atoms with Gasteiger partial charge in [-0.3, -0.25) is 0 Å². The molecule has 18 heavy (non-hydrogen) atoms. The molecule has 1 heteroatoms. The Labute approximate surface area is 114 Å². The Morgan fingerprint density at radius 1 is 1.00 bits per heavy atom. The molecule has 2 saturated carbocycles. The van der Waals surface area contributed by atoms with E-state index in [1.54, 1.807) is 0 Å². The first-order chi connectivity index (χ1) is 8.45. The summed E-state index contributed by atoms with van der Waals surface area (Å²) in [6.45, 7) is 7.20. The van der Waals surface area contributed by atoms with Gasteiger partial charge in [0, 0.05) is 5.54 Å². The molecule has 0 aromatic carbocycles. The second-order valence-electron chi connectivity index (χ2n) is 7.89. The van der Waals surface area contributed by atoms with E-state index in [4.69, 9.17) is 5.73 Å². The summed E-state index contributed by atoms with van der Waals surface area (Å²) in [5, 5.41) is 0. The Balaban J connectivity index is 2.01. The molecule has 0 radical (unpaired) electrons. The fourth-order valence-electron chi connectivity index (χ4n) is 4.31. The lowest BCUT2D eigenvalue weighted by Gasteiger charge is -2.42. The van der Waals surface area contributed by atoms with Gasteiger partial charge in [0.25, 0.3) is 0 Å². The van der Waals surface area contributed by atoms with Crippen molar-refractivity contribution < 1.29 is 0 Å². The first-order valence-electron chi connectivity index (χ1n) is 8.24. The van der Waals surface area contributed by atoms with Crippen molar-refractivity contribution in [2.45, 2.75) is 90.5 Å². The van der Waals surface area contributed by atoms with Crippen LogP contribution in [0.25, 0.3) is 0 Å². The second-order valence-corrected chi connectivity index (χ2v) is 7.89. The molecule has 0 heterocycles. The molecule has 2 fully saturated rings. The van der Waals surface area contributed by atoms with Crippen molar-refractivity contribution >= 4 is 0 Å². The highest BCUT2D eigenvalue weighted by Crippen LogP contribution is 2.45. The van der Waals surface area contributed by atoms with E-state index < -0.39 is 0 Å². The first-order valence-corrected chi connectivity index (χ1v) is 8.24. The van der Waals surface area contributed by atoms with Crippen LogP contribution in [0.3, 0.4) is 0 Å². The molecular weight excluding hydrogens is 218 g/mol. The zero-order valence-corrected chi connectivity index (χ0v) is 12.8. The smallest absolute Gasteiger partial charge is 0.0183 e. The zero-order chi connectivity index (χ0) is 13.2. The lowest BCUT2D eigenvalue weighted by molar-refractivity contribution is 0.142. The molecule has 2 aliphatic carbocycles. The molecule has 2 rings (SSSR count). The van der Waals surface area contributed by atoms with Gasteiger partial charge in [-0.1, -0.05) is 46.5 Å². The number of nitrogens with two attached hydrogens (primary N) is 1. The Morgan fingerprint density at radius 3 is 2.50 bits per heavy atom. The summed E-state index contributed by atoms with van der Waals surface area (Å²) in [6.07, 6.45) is 13.6. The van der Waals surface area contributed by atoms with Gasteiger partial charge in [-0.15, -0.1) is 0 Å². The van der Waals surface area contributed by atoms with Gasteiger partial charge in [-0.05, 0) is 55.8 Å². The van der Waals surface area contributed by atoms with Crippen molar-refractivity contribution in [2.75, 3.05) is 0 Å². The third-order valence-electron chi connectivity index (χ3n) is 5.94. The van der Waals surface area contributed by atoms with Crippen LogP contribution in [0.1, 0.15) is 85.0 Å². The highest BCUT2D eigenvalue weighted by atomic mass is 14.8. The Morgan fingerprint density at radius 2 is 1.78 bits per heavy atom. The molecule has 1 nitrogen and oxygen atoms in total. The molecule has 0 amide bonds. The maximum atomic E-state index is 6.87. The van der Waals surface area contributed by atoms with Crippen molar-refractivity contribution in [3.63, 3.8) is 0 Å². The quantitative estimate of drug-likeness (QED) is 0.695. The van der Waals surface area contributed by atoms with Crippen molar-refractivity contribution in [3.05, 3.63) is 0 Å². The van der Waals surface area contributed by atoms with Gasteiger partial charge in [0.15, 0.2) is 0 Å². The fourth-order valence-corrected chi connectivity index (χ4v) is 4.31. The summed E-state index contributed by atoms with van der Waals surface area (Å²) in [5.41, 5.74) is 7.57. The molecule has 0 aromatic heterocycles. The molecule has 106 valence electrons. The minimum absolute atomic E-state index is 0.168. The highest BCUT2D eigenvalue weighted by molar-refractivity contribution is 4.97. The summed E-state index contributed by atoms with van der Waals surface area (Å²) in [5.74, 6) is 1.77. The van der Waals surface area contributed by atoms with Crippen LogP contribution in [-0.4, -0.2) is 5.54 Å². The molecule has 0 aliphatic heterocycles. The first kappa shape index (κ1) is 14.4. The van der Waals surface area contributed by atoms with E-state index in [0.717, 1.165) is 11.8 Å². The van der Waals surface area contributed by atoms with Crippen LogP contribution >= 0.6 is 0 Å². The molecule has 3 unspecified atom stereocenters. The maximum Gasteiger partial charge on any atom is 0.0183 e. The van der Waals surface area contributed by atoms with E-state index in [9.17, 15) is 0 Å². The zero-order valence-electron chi connectivity index (χ0n) is 12.8. The lowest BCUT2D eigenvalue weighted by Crippen LogP contribution is -2.48. The summed E-state index contributed by atoms with van der Waals surface area (Å²) in [7, 11) is 0. The number of hydrogen-bond donors (Lipinski definition) is 1. The van der Waals surface area contributed by atoms with Crippen LogP contribution in [0.2, 0.25) is 0 Å². The van der Waals surface area contributed by atoms with E-state index in [1.807, 2.05) is 0 Å². The minimum Gasteiger partial charge on any atom is -0.325 e. The van der Waals surface area contributed by atoms with E-state index >= 15 is 0 Å². The van der Waals surface area contributed by atoms with Crippen molar-refractivity contribution in [2.24, 2.45) is 23.0 Å². The van der Waals surface area contributed by atoms with Crippen LogP contribution < -0.4 is 5.73 Å². The fraction of sp³-hybridized carbons (Fsp3) is 1.00. The Hall–Kier alpha value is -0.0400. The molecule has 0 spiro atoms. The van der Waals surface area contributed by atoms with Crippen LogP contribution in [0, 0.1) is 17.3 Å². The molecule has 2 N–H and O–H groups in total. The summed E-state index contributed by atoms with van der Waals surface area (Å²) in [6, 6.07) is 0. The van der Waals surface area contributed by atoms with E-state index in [0.29, 0.717) is 5.41 Å². The van der Waals surface area contributed by atoms with Gasteiger partial charge in [0.2, 0.25) is 0 Å². The van der Waals surface area contributed by atoms with Gasteiger partial charge in [0.1, 0.15) is 0 Å². The van der Waals surface area contributed by atoms with E-state index in [2.05, 4.69) is 20.8 Å². The van der Waals surface area contributed by atoms with E-state index in [1.165, 1.54) is 64.2 Å². The standard InChI is InChI=1S/C17H33N/c1-4-14-7-5-8-15(13-14)17(18)10-6-9-16(2,3)11-12-17/h14-15H,4-13,18H2,1-3H3. The van der Waals surface area contributed by atoms with Gasteiger partial charge in [0.05, 0.1) is 0 Å².